The van der Waals surface area contributed by atoms with Crippen LogP contribution in [0.1, 0.15) is 5.56 Å². The molecule has 1 N–H and O–H groups in total. The van der Waals surface area contributed by atoms with E-state index >= 15 is 0 Å². The molecule has 0 spiro atoms. The number of carbonyl (C=O) groups is 1. The van der Waals surface area contributed by atoms with Crippen molar-refractivity contribution >= 4 is 12.0 Å². The zero-order valence-corrected chi connectivity index (χ0v) is 9.92. The second kappa shape index (κ2) is 5.82. The summed E-state index contributed by atoms with van der Waals surface area (Å²) in [6.07, 6.45) is 2.82. The van der Waals surface area contributed by atoms with Gasteiger partial charge in [-0.1, -0.05) is 12.1 Å². The Kier molecular flexibility index (Phi) is 3.93. The van der Waals surface area contributed by atoms with E-state index in [9.17, 15) is 9.18 Å². The van der Waals surface area contributed by atoms with Gasteiger partial charge in [0.05, 0.1) is 0 Å². The molecule has 0 bridgehead atoms. The summed E-state index contributed by atoms with van der Waals surface area (Å²) in [5.41, 5.74) is 0.758. The summed E-state index contributed by atoms with van der Waals surface area (Å²) in [5.74, 6) is -0.507. The fourth-order valence-electron chi connectivity index (χ4n) is 1.40. The van der Waals surface area contributed by atoms with Gasteiger partial charge in [0, 0.05) is 6.08 Å². The first-order valence-corrected chi connectivity index (χ1v) is 5.58. The Balaban J connectivity index is 1.97. The van der Waals surface area contributed by atoms with E-state index in [0.29, 0.717) is 0 Å². The van der Waals surface area contributed by atoms with Gasteiger partial charge in [0.2, 0.25) is 0 Å². The van der Waals surface area contributed by atoms with Gasteiger partial charge in [-0.05, 0) is 48.0 Å². The van der Waals surface area contributed by atoms with Gasteiger partial charge < -0.3 is 9.84 Å². The first kappa shape index (κ1) is 12.8. The third-order valence-corrected chi connectivity index (χ3v) is 2.34. The third kappa shape index (κ3) is 3.96. The maximum Gasteiger partial charge on any atom is 0.336 e. The number of phenols is 1. The van der Waals surface area contributed by atoms with Crippen molar-refractivity contribution in [3.63, 3.8) is 0 Å². The minimum absolute atomic E-state index is 0.158. The second-order valence-corrected chi connectivity index (χ2v) is 3.80. The number of rotatable bonds is 3. The molecular weight excluding hydrogens is 247 g/mol. The van der Waals surface area contributed by atoms with Crippen LogP contribution in [0.15, 0.2) is 54.6 Å². The van der Waals surface area contributed by atoms with E-state index in [0.717, 1.165) is 5.56 Å². The van der Waals surface area contributed by atoms with Gasteiger partial charge >= 0.3 is 5.97 Å². The van der Waals surface area contributed by atoms with Crippen molar-refractivity contribution in [3.05, 3.63) is 66.0 Å². The van der Waals surface area contributed by atoms with Crippen LogP contribution in [0, 0.1) is 5.82 Å². The highest BCUT2D eigenvalue weighted by molar-refractivity contribution is 5.88. The Labute approximate surface area is 109 Å². The lowest BCUT2D eigenvalue weighted by Gasteiger charge is -2.00. The number of hydrogen-bond donors (Lipinski definition) is 1. The molecule has 19 heavy (non-hydrogen) atoms. The molecule has 0 aromatic heterocycles. The number of carbonyl (C=O) groups excluding carboxylic acids is 1. The van der Waals surface area contributed by atoms with Crippen LogP contribution in [0.3, 0.4) is 0 Å². The molecular formula is C15H11FO3. The van der Waals surface area contributed by atoms with Crippen molar-refractivity contribution < 1.29 is 19.0 Å². The molecule has 0 amide bonds. The first-order valence-electron chi connectivity index (χ1n) is 5.58. The van der Waals surface area contributed by atoms with Crippen molar-refractivity contribution in [2.45, 2.75) is 0 Å². The van der Waals surface area contributed by atoms with Crippen LogP contribution in [-0.2, 0) is 4.79 Å². The predicted octanol–water partition coefficient (Wildman–Crippen LogP) is 3.15. The molecule has 0 aliphatic carbocycles. The summed E-state index contributed by atoms with van der Waals surface area (Å²) >= 11 is 0. The SMILES string of the molecule is O=C(/C=C/c1ccc(O)cc1)Oc1ccc(F)cc1. The van der Waals surface area contributed by atoms with Crippen LogP contribution in [0.4, 0.5) is 4.39 Å². The average molecular weight is 258 g/mol. The van der Waals surface area contributed by atoms with E-state index in [2.05, 4.69) is 0 Å². The number of hydrogen-bond acceptors (Lipinski definition) is 3. The van der Waals surface area contributed by atoms with Crippen LogP contribution < -0.4 is 4.74 Å². The summed E-state index contributed by atoms with van der Waals surface area (Å²) < 4.78 is 17.6. The molecule has 0 atom stereocenters. The molecule has 0 aliphatic heterocycles. The van der Waals surface area contributed by atoms with Gasteiger partial charge in [0.1, 0.15) is 17.3 Å². The molecule has 2 rings (SSSR count). The maximum absolute atomic E-state index is 12.7. The molecule has 2 aromatic rings. The summed E-state index contributed by atoms with van der Waals surface area (Å²) in [7, 11) is 0. The van der Waals surface area contributed by atoms with Gasteiger partial charge in [-0.15, -0.1) is 0 Å². The Bertz CT molecular complexity index is 586. The number of ether oxygens (including phenoxy) is 1. The number of halogens is 1. The molecule has 0 saturated heterocycles. The summed E-state index contributed by atoms with van der Waals surface area (Å²) in [6, 6.07) is 11.5. The Hall–Kier alpha value is -2.62. The van der Waals surface area contributed by atoms with Crippen molar-refractivity contribution in [1.29, 1.82) is 0 Å². The largest absolute Gasteiger partial charge is 0.508 e. The van der Waals surface area contributed by atoms with E-state index in [4.69, 9.17) is 9.84 Å². The Morgan fingerprint density at radius 1 is 1.05 bits per heavy atom. The fourth-order valence-corrected chi connectivity index (χ4v) is 1.40. The highest BCUT2D eigenvalue weighted by Crippen LogP contribution is 2.13. The minimum atomic E-state index is -0.556. The smallest absolute Gasteiger partial charge is 0.336 e. The average Bonchev–Trinajstić information content (AvgIpc) is 2.41. The van der Waals surface area contributed by atoms with Crippen molar-refractivity contribution in [1.82, 2.24) is 0 Å². The van der Waals surface area contributed by atoms with Crippen LogP contribution in [-0.4, -0.2) is 11.1 Å². The minimum Gasteiger partial charge on any atom is -0.508 e. The highest BCUT2D eigenvalue weighted by atomic mass is 19.1. The van der Waals surface area contributed by atoms with E-state index in [-0.39, 0.29) is 17.3 Å². The lowest BCUT2D eigenvalue weighted by Crippen LogP contribution is -2.03. The Morgan fingerprint density at radius 2 is 1.68 bits per heavy atom. The molecule has 96 valence electrons. The Morgan fingerprint density at radius 3 is 2.32 bits per heavy atom. The molecule has 4 heteroatoms. The van der Waals surface area contributed by atoms with Crippen LogP contribution >= 0.6 is 0 Å². The molecule has 3 nitrogen and oxygen atoms in total. The second-order valence-electron chi connectivity index (χ2n) is 3.80. The van der Waals surface area contributed by atoms with Gasteiger partial charge in [-0.2, -0.15) is 0 Å². The fraction of sp³-hybridized carbons (Fsp3) is 0. The lowest BCUT2D eigenvalue weighted by molar-refractivity contribution is -0.128. The van der Waals surface area contributed by atoms with Crippen LogP contribution in [0.2, 0.25) is 0 Å². The molecule has 0 fully saturated rings. The standard InChI is InChI=1S/C15H11FO3/c16-12-4-8-14(9-5-12)19-15(18)10-3-11-1-6-13(17)7-2-11/h1-10,17H/b10-3+. The zero-order chi connectivity index (χ0) is 13.7. The third-order valence-electron chi connectivity index (χ3n) is 2.34. The topological polar surface area (TPSA) is 46.5 Å². The van der Waals surface area contributed by atoms with E-state index in [1.165, 1.54) is 42.5 Å². The number of aromatic hydroxyl groups is 1. The number of benzene rings is 2. The summed E-state index contributed by atoms with van der Waals surface area (Å²) in [4.78, 5) is 11.5. The molecule has 0 heterocycles. The summed E-state index contributed by atoms with van der Waals surface area (Å²) in [5, 5.41) is 9.10. The van der Waals surface area contributed by atoms with Crippen molar-refractivity contribution in [3.8, 4) is 11.5 Å². The van der Waals surface area contributed by atoms with E-state index < -0.39 is 5.97 Å². The van der Waals surface area contributed by atoms with Gasteiger partial charge in [0.25, 0.3) is 0 Å². The quantitative estimate of drug-likeness (QED) is 0.522. The van der Waals surface area contributed by atoms with Gasteiger partial charge in [-0.25, -0.2) is 9.18 Å². The van der Waals surface area contributed by atoms with Crippen molar-refractivity contribution in [2.75, 3.05) is 0 Å². The first-order chi connectivity index (χ1) is 9.13. The molecule has 0 radical (unpaired) electrons. The number of phenolic OH excluding ortho intramolecular Hbond substituents is 1. The molecule has 0 aliphatic rings. The van der Waals surface area contributed by atoms with Gasteiger partial charge in [0.15, 0.2) is 0 Å². The van der Waals surface area contributed by atoms with Crippen molar-refractivity contribution in [2.24, 2.45) is 0 Å². The molecule has 0 saturated carbocycles. The molecule has 0 unspecified atom stereocenters. The van der Waals surface area contributed by atoms with Crippen LogP contribution in [0.25, 0.3) is 6.08 Å². The zero-order valence-electron chi connectivity index (χ0n) is 9.92. The maximum atomic E-state index is 12.7. The summed E-state index contributed by atoms with van der Waals surface area (Å²) in [6.45, 7) is 0. The van der Waals surface area contributed by atoms with Crippen LogP contribution in [0.5, 0.6) is 11.5 Å². The lowest BCUT2D eigenvalue weighted by atomic mass is 10.2. The number of esters is 1. The van der Waals surface area contributed by atoms with Gasteiger partial charge in [-0.3, -0.25) is 0 Å². The normalized spacial score (nSPS) is 10.6. The highest BCUT2D eigenvalue weighted by Gasteiger charge is 2.00. The predicted molar refractivity (Wildman–Crippen MR) is 69.2 cm³/mol. The monoisotopic (exact) mass is 258 g/mol. The molecule has 2 aromatic carbocycles. The van der Waals surface area contributed by atoms with E-state index in [1.54, 1.807) is 18.2 Å². The van der Waals surface area contributed by atoms with E-state index in [1.807, 2.05) is 0 Å².